The van der Waals surface area contributed by atoms with Gasteiger partial charge in [0.15, 0.2) is 0 Å². The van der Waals surface area contributed by atoms with E-state index < -0.39 is 17.7 Å². The summed E-state index contributed by atoms with van der Waals surface area (Å²) < 4.78 is 1.19. The fourth-order valence-corrected chi connectivity index (χ4v) is 4.68. The maximum atomic E-state index is 13.1. The van der Waals surface area contributed by atoms with Gasteiger partial charge >= 0.3 is 11.8 Å². The van der Waals surface area contributed by atoms with E-state index in [9.17, 15) is 14.4 Å². The van der Waals surface area contributed by atoms with Crippen molar-refractivity contribution in [2.24, 2.45) is 11.7 Å². The quantitative estimate of drug-likeness (QED) is 0.632. The highest BCUT2D eigenvalue weighted by atomic mass is 32.1. The lowest BCUT2D eigenvalue weighted by molar-refractivity contribution is -0.146. The Morgan fingerprint density at radius 1 is 1.20 bits per heavy atom. The van der Waals surface area contributed by atoms with E-state index in [-0.39, 0.29) is 17.4 Å². The fraction of sp³-hybridized carbons (Fsp3) is 0.273. The van der Waals surface area contributed by atoms with Gasteiger partial charge in [0, 0.05) is 17.4 Å². The van der Waals surface area contributed by atoms with Gasteiger partial charge < -0.3 is 16.0 Å². The zero-order chi connectivity index (χ0) is 21.3. The minimum Gasteiger partial charge on any atom is -0.365 e. The van der Waals surface area contributed by atoms with Crippen LogP contribution in [-0.2, 0) is 9.59 Å². The molecule has 3 N–H and O–H groups in total. The van der Waals surface area contributed by atoms with Crippen LogP contribution in [0.2, 0.25) is 0 Å². The maximum absolute atomic E-state index is 13.1. The van der Waals surface area contributed by atoms with E-state index in [1.54, 1.807) is 22.3 Å². The third-order valence-corrected chi connectivity index (χ3v) is 6.34. The fourth-order valence-electron chi connectivity index (χ4n) is 3.91. The summed E-state index contributed by atoms with van der Waals surface area (Å²) in [5, 5.41) is 5.63. The summed E-state index contributed by atoms with van der Waals surface area (Å²) >= 11 is 1.67. The van der Waals surface area contributed by atoms with Crippen LogP contribution in [0.25, 0.3) is 10.1 Å². The lowest BCUT2D eigenvalue weighted by atomic mass is 9.89. The number of fused-ring (bicyclic) bond motifs is 1. The second-order valence-corrected chi connectivity index (χ2v) is 8.54. The van der Waals surface area contributed by atoms with Crippen LogP contribution in [-0.4, -0.2) is 34.2 Å². The third kappa shape index (κ3) is 3.91. The van der Waals surface area contributed by atoms with Crippen LogP contribution in [0.4, 0.5) is 5.82 Å². The molecule has 4 rings (SSSR count). The number of likely N-dealkylation sites (tertiary alicyclic amines) is 1. The molecule has 8 heteroatoms. The van der Waals surface area contributed by atoms with Gasteiger partial charge in [0.25, 0.3) is 5.91 Å². The van der Waals surface area contributed by atoms with Crippen molar-refractivity contribution < 1.29 is 14.4 Å². The minimum absolute atomic E-state index is 0.00958. The number of carbonyl (C=O) groups is 3. The number of nitrogens with zero attached hydrogens (tertiary/aromatic N) is 2. The number of thiophene rings is 1. The van der Waals surface area contributed by atoms with Crippen molar-refractivity contribution in [2.75, 3.05) is 11.9 Å². The van der Waals surface area contributed by atoms with Crippen molar-refractivity contribution in [3.63, 3.8) is 0 Å². The summed E-state index contributed by atoms with van der Waals surface area (Å²) in [7, 11) is 0. The monoisotopic (exact) mass is 422 g/mol. The molecule has 2 aromatic heterocycles. The van der Waals surface area contributed by atoms with Crippen LogP contribution in [0, 0.1) is 5.92 Å². The first-order valence-corrected chi connectivity index (χ1v) is 10.7. The van der Waals surface area contributed by atoms with Crippen LogP contribution < -0.4 is 11.1 Å². The van der Waals surface area contributed by atoms with Crippen LogP contribution in [0.15, 0.2) is 48.0 Å². The van der Waals surface area contributed by atoms with E-state index >= 15 is 0 Å². The number of aromatic nitrogens is 1. The Balaban J connectivity index is 1.59. The van der Waals surface area contributed by atoms with Crippen molar-refractivity contribution in [3.8, 4) is 0 Å². The van der Waals surface area contributed by atoms with Gasteiger partial charge in [-0.25, -0.2) is 4.98 Å². The van der Waals surface area contributed by atoms with Crippen LogP contribution in [0.3, 0.4) is 0 Å². The molecule has 3 heterocycles. The Labute approximate surface area is 177 Å². The highest BCUT2D eigenvalue weighted by Gasteiger charge is 2.34. The van der Waals surface area contributed by atoms with Gasteiger partial charge in [0.2, 0.25) is 0 Å². The molecule has 30 heavy (non-hydrogen) atoms. The first-order valence-electron chi connectivity index (χ1n) is 9.78. The summed E-state index contributed by atoms with van der Waals surface area (Å²) in [6, 6.07) is 11.1. The zero-order valence-corrected chi connectivity index (χ0v) is 17.3. The lowest BCUT2D eigenvalue weighted by Crippen LogP contribution is -2.46. The molecule has 2 atom stereocenters. The van der Waals surface area contributed by atoms with Gasteiger partial charge in [0.05, 0.1) is 11.6 Å². The molecule has 0 saturated carbocycles. The van der Waals surface area contributed by atoms with E-state index in [4.69, 9.17) is 5.73 Å². The molecule has 1 aliphatic heterocycles. The molecular formula is C22H22N4O3S. The van der Waals surface area contributed by atoms with E-state index in [0.29, 0.717) is 12.5 Å². The van der Waals surface area contributed by atoms with E-state index in [1.165, 1.54) is 17.0 Å². The van der Waals surface area contributed by atoms with E-state index in [1.807, 2.05) is 11.4 Å². The number of amides is 3. The van der Waals surface area contributed by atoms with Crippen molar-refractivity contribution in [1.82, 2.24) is 9.88 Å². The Morgan fingerprint density at radius 3 is 2.83 bits per heavy atom. The smallest absolute Gasteiger partial charge is 0.315 e. The molecule has 0 spiro atoms. The lowest BCUT2D eigenvalue weighted by Gasteiger charge is -2.38. The highest BCUT2D eigenvalue weighted by molar-refractivity contribution is 7.17. The largest absolute Gasteiger partial charge is 0.365 e. The van der Waals surface area contributed by atoms with Gasteiger partial charge in [-0.1, -0.05) is 13.0 Å². The molecule has 0 radical (unpaired) electrons. The van der Waals surface area contributed by atoms with Crippen molar-refractivity contribution in [1.29, 1.82) is 0 Å². The van der Waals surface area contributed by atoms with E-state index in [0.717, 1.165) is 23.8 Å². The molecule has 3 aromatic rings. The SMILES string of the molecule is C[C@@H]1CC[C@@H](c2ccc3sccc3c2)N(C(=O)C(=O)Nc2ncccc2C(N)=O)C1. The predicted octanol–water partition coefficient (Wildman–Crippen LogP) is 3.33. The molecule has 3 amide bonds. The predicted molar refractivity (Wildman–Crippen MR) is 116 cm³/mol. The highest BCUT2D eigenvalue weighted by Crippen LogP contribution is 2.35. The Kier molecular flexibility index (Phi) is 5.50. The molecule has 1 fully saturated rings. The Morgan fingerprint density at radius 2 is 2.03 bits per heavy atom. The van der Waals surface area contributed by atoms with Gasteiger partial charge in [0.1, 0.15) is 5.82 Å². The van der Waals surface area contributed by atoms with Crippen LogP contribution in [0.1, 0.15) is 41.7 Å². The summed E-state index contributed by atoms with van der Waals surface area (Å²) in [5.74, 6) is -1.91. The molecule has 0 aliphatic carbocycles. The average molecular weight is 423 g/mol. The number of pyridine rings is 1. The number of hydrogen-bond acceptors (Lipinski definition) is 5. The number of nitrogens with two attached hydrogens (primary N) is 1. The number of primary amides is 1. The number of carbonyl (C=O) groups excluding carboxylic acids is 3. The topological polar surface area (TPSA) is 105 Å². The Hall–Kier alpha value is -3.26. The second kappa shape index (κ2) is 8.23. The zero-order valence-electron chi connectivity index (χ0n) is 16.5. The van der Waals surface area contributed by atoms with Crippen LogP contribution in [0.5, 0.6) is 0 Å². The molecule has 0 unspecified atom stereocenters. The first-order chi connectivity index (χ1) is 14.4. The van der Waals surface area contributed by atoms with Gasteiger partial charge in [-0.2, -0.15) is 0 Å². The number of piperidine rings is 1. The van der Waals surface area contributed by atoms with Crippen LogP contribution >= 0.6 is 11.3 Å². The number of anilines is 1. The summed E-state index contributed by atoms with van der Waals surface area (Å²) in [6.45, 7) is 2.56. The standard InChI is InChI=1S/C22H22N4O3S/c1-13-4-6-17(14-5-7-18-15(11-14)8-10-30-18)26(12-13)22(29)21(28)25-20-16(19(23)27)3-2-9-24-20/h2-3,5,7-11,13,17H,4,6,12H2,1H3,(H2,23,27)(H,24,25,28)/t13-,17+/m1/s1. The molecule has 1 aromatic carbocycles. The molecule has 1 aliphatic rings. The number of benzene rings is 1. The van der Waals surface area contributed by atoms with Gasteiger partial charge in [-0.15, -0.1) is 11.3 Å². The third-order valence-electron chi connectivity index (χ3n) is 5.44. The molecular weight excluding hydrogens is 400 g/mol. The number of rotatable bonds is 3. The minimum atomic E-state index is -0.827. The molecule has 0 bridgehead atoms. The maximum Gasteiger partial charge on any atom is 0.315 e. The Bertz CT molecular complexity index is 1130. The molecule has 1 saturated heterocycles. The number of hydrogen-bond donors (Lipinski definition) is 2. The van der Waals surface area contributed by atoms with Gasteiger partial charge in [-0.3, -0.25) is 14.4 Å². The summed E-state index contributed by atoms with van der Waals surface area (Å²) in [4.78, 5) is 43.0. The molecule has 7 nitrogen and oxygen atoms in total. The van der Waals surface area contributed by atoms with Crippen molar-refractivity contribution >= 4 is 45.0 Å². The summed E-state index contributed by atoms with van der Waals surface area (Å²) in [5.41, 5.74) is 6.42. The van der Waals surface area contributed by atoms with Crippen molar-refractivity contribution in [2.45, 2.75) is 25.8 Å². The van der Waals surface area contributed by atoms with Crippen molar-refractivity contribution in [3.05, 3.63) is 59.1 Å². The average Bonchev–Trinajstić information content (AvgIpc) is 3.21. The summed E-state index contributed by atoms with van der Waals surface area (Å²) in [6.07, 6.45) is 3.18. The second-order valence-electron chi connectivity index (χ2n) is 7.59. The first kappa shape index (κ1) is 20.0. The normalized spacial score (nSPS) is 18.9. The number of nitrogens with one attached hydrogen (secondary N) is 1. The van der Waals surface area contributed by atoms with Gasteiger partial charge in [-0.05, 0) is 65.4 Å². The molecule has 154 valence electrons. The van der Waals surface area contributed by atoms with E-state index in [2.05, 4.69) is 35.4 Å².